The van der Waals surface area contributed by atoms with Gasteiger partial charge in [0.25, 0.3) is 11.5 Å². The Morgan fingerprint density at radius 3 is 2.73 bits per heavy atom. The Bertz CT molecular complexity index is 1360. The molecule has 0 saturated carbocycles. The van der Waals surface area contributed by atoms with E-state index >= 15 is 0 Å². The fraction of sp³-hybridized carbons (Fsp3) is 0.238. The molecule has 0 atom stereocenters. The van der Waals surface area contributed by atoms with E-state index in [0.717, 1.165) is 11.1 Å². The van der Waals surface area contributed by atoms with Crippen molar-refractivity contribution in [3.05, 3.63) is 80.0 Å². The van der Waals surface area contributed by atoms with Gasteiger partial charge in [0.15, 0.2) is 4.96 Å². The SMILES string of the molecule is O=C(c1cc2ccccc2oc1=O)N1CCN(Cc2cc(=O)n3ccsc3n2)CC1. The summed E-state index contributed by atoms with van der Waals surface area (Å²) >= 11 is 1.42. The highest BCUT2D eigenvalue weighted by Gasteiger charge is 2.25. The molecule has 1 aromatic carbocycles. The zero-order valence-electron chi connectivity index (χ0n) is 16.0. The van der Waals surface area contributed by atoms with Gasteiger partial charge >= 0.3 is 5.63 Å². The predicted molar refractivity (Wildman–Crippen MR) is 113 cm³/mol. The average molecular weight is 422 g/mol. The molecule has 0 unspecified atom stereocenters. The molecule has 1 amide bonds. The number of benzene rings is 1. The Morgan fingerprint density at radius 2 is 1.90 bits per heavy atom. The molecule has 1 aliphatic heterocycles. The Labute approximate surface area is 174 Å². The highest BCUT2D eigenvalue weighted by molar-refractivity contribution is 7.15. The summed E-state index contributed by atoms with van der Waals surface area (Å²) in [7, 11) is 0. The number of thiazole rings is 1. The second-order valence-corrected chi connectivity index (χ2v) is 8.07. The molecular weight excluding hydrogens is 404 g/mol. The molecule has 4 heterocycles. The summed E-state index contributed by atoms with van der Waals surface area (Å²) in [6.45, 7) is 2.80. The van der Waals surface area contributed by atoms with Gasteiger partial charge in [-0.1, -0.05) is 18.2 Å². The summed E-state index contributed by atoms with van der Waals surface area (Å²) in [4.78, 5) is 46.3. The van der Waals surface area contributed by atoms with E-state index in [1.54, 1.807) is 35.4 Å². The third kappa shape index (κ3) is 3.42. The molecular formula is C21H18N4O4S. The van der Waals surface area contributed by atoms with E-state index in [9.17, 15) is 14.4 Å². The van der Waals surface area contributed by atoms with E-state index in [0.29, 0.717) is 43.3 Å². The second-order valence-electron chi connectivity index (χ2n) is 7.20. The van der Waals surface area contributed by atoms with Crippen LogP contribution < -0.4 is 11.2 Å². The zero-order valence-corrected chi connectivity index (χ0v) is 16.8. The molecule has 4 aromatic rings. The van der Waals surface area contributed by atoms with Crippen LogP contribution in [0.3, 0.4) is 0 Å². The second kappa shape index (κ2) is 7.51. The van der Waals surface area contributed by atoms with Crippen LogP contribution in [0.2, 0.25) is 0 Å². The number of carbonyl (C=O) groups excluding carboxylic acids is 1. The molecule has 1 saturated heterocycles. The first-order chi connectivity index (χ1) is 14.6. The normalized spacial score (nSPS) is 15.1. The maximum absolute atomic E-state index is 12.9. The Kier molecular flexibility index (Phi) is 4.68. The highest BCUT2D eigenvalue weighted by Crippen LogP contribution is 2.15. The van der Waals surface area contributed by atoms with Crippen LogP contribution in [-0.4, -0.2) is 51.3 Å². The van der Waals surface area contributed by atoms with E-state index in [1.807, 2.05) is 17.5 Å². The van der Waals surface area contributed by atoms with Crippen LogP contribution in [0.15, 0.2) is 62.0 Å². The molecule has 0 aliphatic carbocycles. The molecule has 9 heteroatoms. The zero-order chi connectivity index (χ0) is 20.7. The molecule has 1 fully saturated rings. The van der Waals surface area contributed by atoms with E-state index < -0.39 is 5.63 Å². The standard InChI is InChI=1S/C21H18N4O4S/c26-18-12-15(22-21-25(18)9-10-30-21)13-23-5-7-24(8-6-23)19(27)16-11-14-3-1-2-4-17(14)29-20(16)28/h1-4,9-12H,5-8,13H2. The third-order valence-electron chi connectivity index (χ3n) is 5.27. The highest BCUT2D eigenvalue weighted by atomic mass is 32.1. The lowest BCUT2D eigenvalue weighted by molar-refractivity contribution is 0.0623. The van der Waals surface area contributed by atoms with Gasteiger partial charge in [-0.3, -0.25) is 18.9 Å². The smallest absolute Gasteiger partial charge is 0.349 e. The minimum absolute atomic E-state index is 0.0555. The monoisotopic (exact) mass is 422 g/mol. The predicted octanol–water partition coefficient (Wildman–Crippen LogP) is 1.82. The number of hydrogen-bond acceptors (Lipinski definition) is 7. The third-order valence-corrected chi connectivity index (χ3v) is 6.03. The first-order valence-corrected chi connectivity index (χ1v) is 10.5. The number of carbonyl (C=O) groups is 1. The molecule has 0 spiro atoms. The minimum atomic E-state index is -0.616. The lowest BCUT2D eigenvalue weighted by Crippen LogP contribution is -2.49. The Hall–Kier alpha value is -3.30. The average Bonchev–Trinajstić information content (AvgIpc) is 3.22. The van der Waals surface area contributed by atoms with Crippen molar-refractivity contribution in [3.63, 3.8) is 0 Å². The number of fused-ring (bicyclic) bond motifs is 2. The minimum Gasteiger partial charge on any atom is -0.422 e. The maximum atomic E-state index is 12.9. The maximum Gasteiger partial charge on any atom is 0.349 e. The number of para-hydroxylation sites is 1. The quantitative estimate of drug-likeness (QED) is 0.468. The summed E-state index contributed by atoms with van der Waals surface area (Å²) in [6.07, 6.45) is 1.72. The van der Waals surface area contributed by atoms with Crippen molar-refractivity contribution in [1.82, 2.24) is 19.2 Å². The fourth-order valence-electron chi connectivity index (χ4n) is 3.69. The molecule has 3 aromatic heterocycles. The fourth-order valence-corrected chi connectivity index (χ4v) is 4.43. The van der Waals surface area contributed by atoms with Crippen molar-refractivity contribution in [2.45, 2.75) is 6.54 Å². The summed E-state index contributed by atoms with van der Waals surface area (Å²) in [6, 6.07) is 10.3. The first-order valence-electron chi connectivity index (χ1n) is 9.59. The molecule has 1 aliphatic rings. The van der Waals surface area contributed by atoms with Crippen LogP contribution in [-0.2, 0) is 6.54 Å². The van der Waals surface area contributed by atoms with Crippen LogP contribution in [0.5, 0.6) is 0 Å². The van der Waals surface area contributed by atoms with Crippen molar-refractivity contribution in [3.8, 4) is 0 Å². The van der Waals surface area contributed by atoms with Crippen molar-refractivity contribution in [2.75, 3.05) is 26.2 Å². The summed E-state index contributed by atoms with van der Waals surface area (Å²) < 4.78 is 6.82. The van der Waals surface area contributed by atoms with E-state index in [4.69, 9.17) is 4.42 Å². The lowest BCUT2D eigenvalue weighted by Gasteiger charge is -2.34. The van der Waals surface area contributed by atoms with Gasteiger partial charge in [0, 0.05) is 55.8 Å². The lowest BCUT2D eigenvalue weighted by atomic mass is 10.1. The van der Waals surface area contributed by atoms with Crippen molar-refractivity contribution in [1.29, 1.82) is 0 Å². The number of nitrogens with zero attached hydrogens (tertiary/aromatic N) is 4. The number of hydrogen-bond donors (Lipinski definition) is 0. The number of piperazine rings is 1. The van der Waals surface area contributed by atoms with Gasteiger partial charge in [0.2, 0.25) is 0 Å². The summed E-state index contributed by atoms with van der Waals surface area (Å²) in [5.41, 5.74) is 0.538. The summed E-state index contributed by atoms with van der Waals surface area (Å²) in [5, 5.41) is 2.56. The van der Waals surface area contributed by atoms with Crippen LogP contribution in [0.25, 0.3) is 15.9 Å². The Balaban J connectivity index is 1.28. The summed E-state index contributed by atoms with van der Waals surface area (Å²) in [5.74, 6) is -0.314. The largest absolute Gasteiger partial charge is 0.422 e. The van der Waals surface area contributed by atoms with Crippen molar-refractivity contribution in [2.24, 2.45) is 0 Å². The molecule has 5 rings (SSSR count). The van der Waals surface area contributed by atoms with Crippen LogP contribution in [0.1, 0.15) is 16.1 Å². The molecule has 0 bridgehead atoms. The number of aromatic nitrogens is 2. The molecule has 8 nitrogen and oxygen atoms in total. The van der Waals surface area contributed by atoms with Crippen molar-refractivity contribution >= 4 is 33.2 Å². The van der Waals surface area contributed by atoms with Gasteiger partial charge in [-0.25, -0.2) is 9.78 Å². The molecule has 0 radical (unpaired) electrons. The number of rotatable bonds is 3. The van der Waals surface area contributed by atoms with E-state index in [2.05, 4.69) is 9.88 Å². The van der Waals surface area contributed by atoms with Crippen LogP contribution in [0, 0.1) is 0 Å². The molecule has 30 heavy (non-hydrogen) atoms. The van der Waals surface area contributed by atoms with E-state index in [1.165, 1.54) is 15.7 Å². The van der Waals surface area contributed by atoms with Crippen LogP contribution in [0.4, 0.5) is 0 Å². The van der Waals surface area contributed by atoms with E-state index in [-0.39, 0.29) is 17.0 Å². The van der Waals surface area contributed by atoms with Crippen LogP contribution >= 0.6 is 11.3 Å². The topological polar surface area (TPSA) is 88.1 Å². The van der Waals surface area contributed by atoms with Gasteiger partial charge in [0.05, 0.1) is 5.69 Å². The van der Waals surface area contributed by atoms with Gasteiger partial charge in [0.1, 0.15) is 11.1 Å². The van der Waals surface area contributed by atoms with Gasteiger partial charge in [-0.05, 0) is 12.1 Å². The molecule has 0 N–H and O–H groups in total. The first kappa shape index (κ1) is 18.7. The molecule has 152 valence electrons. The van der Waals surface area contributed by atoms with Crippen molar-refractivity contribution < 1.29 is 9.21 Å². The Morgan fingerprint density at radius 1 is 1.10 bits per heavy atom. The van der Waals surface area contributed by atoms with Gasteiger partial charge in [-0.2, -0.15) is 0 Å². The number of amides is 1. The van der Waals surface area contributed by atoms with Gasteiger partial charge in [-0.15, -0.1) is 11.3 Å². The van der Waals surface area contributed by atoms with Gasteiger partial charge < -0.3 is 9.32 Å².